The van der Waals surface area contributed by atoms with E-state index in [1.165, 1.54) is 22.5 Å². The van der Waals surface area contributed by atoms with E-state index < -0.39 is 20.0 Å². The van der Waals surface area contributed by atoms with Crippen LogP contribution in [0.1, 0.15) is 13.8 Å². The molecule has 1 saturated heterocycles. The van der Waals surface area contributed by atoms with Gasteiger partial charge in [-0.3, -0.25) is 4.90 Å². The zero-order chi connectivity index (χ0) is 25.6. The van der Waals surface area contributed by atoms with Gasteiger partial charge in [0.15, 0.2) is 0 Å². The quantitative estimate of drug-likeness (QED) is 0.446. The summed E-state index contributed by atoms with van der Waals surface area (Å²) in [5.41, 5.74) is 0. The Kier molecular flexibility index (Phi) is 9.67. The number of halogens is 2. The Morgan fingerprint density at radius 3 is 1.89 bits per heavy atom. The summed E-state index contributed by atoms with van der Waals surface area (Å²) in [6.07, 6.45) is 0. The minimum absolute atomic E-state index is 0.0191. The molecule has 1 N–H and O–H groups in total. The molecule has 0 saturated carbocycles. The van der Waals surface area contributed by atoms with Crippen LogP contribution in [0.4, 0.5) is 0 Å². The number of hydrogen-bond donors (Lipinski definition) is 1. The maximum absolute atomic E-state index is 13.2. The van der Waals surface area contributed by atoms with Crippen molar-refractivity contribution < 1.29 is 26.3 Å². The van der Waals surface area contributed by atoms with Crippen LogP contribution in [-0.4, -0.2) is 78.5 Å². The first-order valence-corrected chi connectivity index (χ1v) is 14.8. The summed E-state index contributed by atoms with van der Waals surface area (Å²) in [6, 6.07) is 8.99. The third-order valence-corrected chi connectivity index (χ3v) is 9.24. The van der Waals surface area contributed by atoms with E-state index in [0.717, 1.165) is 0 Å². The van der Waals surface area contributed by atoms with Gasteiger partial charge in [-0.15, -0.1) is 0 Å². The van der Waals surface area contributed by atoms with E-state index in [9.17, 15) is 16.8 Å². The van der Waals surface area contributed by atoms with E-state index in [0.29, 0.717) is 42.9 Å². The Morgan fingerprint density at radius 2 is 1.34 bits per heavy atom. The van der Waals surface area contributed by atoms with Gasteiger partial charge in [0, 0.05) is 49.3 Å². The summed E-state index contributed by atoms with van der Waals surface area (Å²) in [6.45, 7) is 6.18. The predicted octanol–water partition coefficient (Wildman–Crippen LogP) is 3.08. The maximum Gasteiger partial charge on any atom is 0.246 e. The van der Waals surface area contributed by atoms with Crippen LogP contribution in [0.25, 0.3) is 0 Å². The molecule has 2 aromatic rings. The van der Waals surface area contributed by atoms with Crippen LogP contribution in [-0.2, 0) is 20.0 Å². The van der Waals surface area contributed by atoms with Crippen LogP contribution in [0.2, 0.25) is 10.0 Å². The highest BCUT2D eigenvalue weighted by atomic mass is 35.5. The summed E-state index contributed by atoms with van der Waals surface area (Å²) in [7, 11) is -7.64. The van der Waals surface area contributed by atoms with E-state index >= 15 is 0 Å². The van der Waals surface area contributed by atoms with Crippen molar-refractivity contribution in [3.8, 4) is 11.5 Å². The van der Waals surface area contributed by atoms with Crippen molar-refractivity contribution in [1.29, 1.82) is 0 Å². The number of piperazine rings is 1. The Hall–Kier alpha value is -1.60. The van der Waals surface area contributed by atoms with Crippen molar-refractivity contribution in [2.75, 3.05) is 52.5 Å². The van der Waals surface area contributed by atoms with Gasteiger partial charge in [0.1, 0.15) is 21.3 Å². The van der Waals surface area contributed by atoms with Crippen molar-refractivity contribution in [3.05, 3.63) is 46.4 Å². The van der Waals surface area contributed by atoms with Crippen LogP contribution < -0.4 is 14.2 Å². The standard InChI is InChI=1S/C22H29Cl2N3O6S2/c1-3-32-19-7-5-17(23)15-21(19)34(28,29)25-9-10-26-11-13-27(14-12-26)35(30,31)22-16-18(24)6-8-20(22)33-4-2/h5-8,15-16,25H,3-4,9-14H2,1-2H3. The molecular weight excluding hydrogens is 537 g/mol. The molecule has 0 unspecified atom stereocenters. The number of benzene rings is 2. The van der Waals surface area contributed by atoms with Crippen molar-refractivity contribution in [2.45, 2.75) is 23.6 Å². The molecule has 3 rings (SSSR count). The second-order valence-electron chi connectivity index (χ2n) is 7.69. The largest absolute Gasteiger partial charge is 0.492 e. The molecule has 13 heteroatoms. The smallest absolute Gasteiger partial charge is 0.246 e. The Morgan fingerprint density at radius 1 is 0.829 bits per heavy atom. The van der Waals surface area contributed by atoms with Crippen molar-refractivity contribution in [2.24, 2.45) is 0 Å². The van der Waals surface area contributed by atoms with Gasteiger partial charge in [-0.05, 0) is 50.2 Å². The highest BCUT2D eigenvalue weighted by molar-refractivity contribution is 7.89. The van der Waals surface area contributed by atoms with Gasteiger partial charge in [0.2, 0.25) is 20.0 Å². The second-order valence-corrected chi connectivity index (χ2v) is 12.2. The van der Waals surface area contributed by atoms with E-state index in [2.05, 4.69) is 4.72 Å². The highest BCUT2D eigenvalue weighted by Crippen LogP contribution is 2.30. The Labute approximate surface area is 217 Å². The third-order valence-electron chi connectivity index (χ3n) is 5.37. The lowest BCUT2D eigenvalue weighted by Crippen LogP contribution is -2.50. The Balaban J connectivity index is 1.59. The number of nitrogens with one attached hydrogen (secondary N) is 1. The average molecular weight is 567 g/mol. The minimum Gasteiger partial charge on any atom is -0.492 e. The van der Waals surface area contributed by atoms with Crippen LogP contribution in [0, 0.1) is 0 Å². The molecular formula is C22H29Cl2N3O6S2. The number of rotatable bonds is 11. The fraction of sp³-hybridized carbons (Fsp3) is 0.455. The molecule has 1 heterocycles. The molecule has 0 bridgehead atoms. The van der Waals surface area contributed by atoms with E-state index in [1.54, 1.807) is 32.0 Å². The van der Waals surface area contributed by atoms with E-state index in [-0.39, 0.29) is 40.9 Å². The zero-order valence-corrected chi connectivity index (χ0v) is 22.7. The summed E-state index contributed by atoms with van der Waals surface area (Å²) >= 11 is 12.0. The van der Waals surface area contributed by atoms with Crippen molar-refractivity contribution in [3.63, 3.8) is 0 Å². The number of ether oxygens (including phenoxy) is 2. The second kappa shape index (κ2) is 12.1. The minimum atomic E-state index is -3.84. The molecule has 9 nitrogen and oxygen atoms in total. The van der Waals surface area contributed by atoms with Crippen LogP contribution >= 0.6 is 23.2 Å². The number of hydrogen-bond acceptors (Lipinski definition) is 7. The highest BCUT2D eigenvalue weighted by Gasteiger charge is 2.31. The van der Waals surface area contributed by atoms with E-state index in [4.69, 9.17) is 32.7 Å². The normalized spacial score (nSPS) is 15.8. The Bertz CT molecular complexity index is 1230. The van der Waals surface area contributed by atoms with Gasteiger partial charge < -0.3 is 9.47 Å². The lowest BCUT2D eigenvalue weighted by molar-refractivity contribution is 0.191. The first-order valence-electron chi connectivity index (χ1n) is 11.2. The molecule has 0 aromatic heterocycles. The molecule has 0 amide bonds. The van der Waals surface area contributed by atoms with Gasteiger partial charge in [0.25, 0.3) is 0 Å². The fourth-order valence-electron chi connectivity index (χ4n) is 3.67. The summed E-state index contributed by atoms with van der Waals surface area (Å²) in [5, 5.41) is 0.600. The van der Waals surface area contributed by atoms with Crippen molar-refractivity contribution in [1.82, 2.24) is 13.9 Å². The molecule has 0 atom stereocenters. The first-order chi connectivity index (χ1) is 16.6. The first kappa shape index (κ1) is 28.0. The SMILES string of the molecule is CCOc1ccc(Cl)cc1S(=O)(=O)NCCN1CCN(S(=O)(=O)c2cc(Cl)ccc2OCC)CC1. The van der Waals surface area contributed by atoms with Gasteiger partial charge in [0.05, 0.1) is 13.2 Å². The zero-order valence-electron chi connectivity index (χ0n) is 19.5. The summed E-state index contributed by atoms with van der Waals surface area (Å²) < 4.78 is 66.9. The van der Waals surface area contributed by atoms with Gasteiger partial charge >= 0.3 is 0 Å². The van der Waals surface area contributed by atoms with E-state index in [1.807, 2.05) is 4.90 Å². The molecule has 35 heavy (non-hydrogen) atoms. The van der Waals surface area contributed by atoms with Gasteiger partial charge in [-0.25, -0.2) is 21.6 Å². The van der Waals surface area contributed by atoms with Gasteiger partial charge in [-0.1, -0.05) is 23.2 Å². The van der Waals surface area contributed by atoms with Crippen LogP contribution in [0.15, 0.2) is 46.2 Å². The van der Waals surface area contributed by atoms with Crippen LogP contribution in [0.5, 0.6) is 11.5 Å². The molecule has 194 valence electrons. The molecule has 1 aliphatic rings. The monoisotopic (exact) mass is 565 g/mol. The lowest BCUT2D eigenvalue weighted by Gasteiger charge is -2.34. The molecule has 0 spiro atoms. The lowest BCUT2D eigenvalue weighted by atomic mass is 10.3. The molecule has 1 aliphatic heterocycles. The predicted molar refractivity (Wildman–Crippen MR) is 136 cm³/mol. The molecule has 1 fully saturated rings. The molecule has 2 aromatic carbocycles. The third kappa shape index (κ3) is 7.00. The average Bonchev–Trinajstić information content (AvgIpc) is 2.82. The molecule has 0 aliphatic carbocycles. The molecule has 0 radical (unpaired) electrons. The van der Waals surface area contributed by atoms with Crippen LogP contribution in [0.3, 0.4) is 0 Å². The number of nitrogens with zero attached hydrogens (tertiary/aromatic N) is 2. The van der Waals surface area contributed by atoms with Crippen molar-refractivity contribution >= 4 is 43.2 Å². The summed E-state index contributed by atoms with van der Waals surface area (Å²) in [4.78, 5) is 2.02. The topological polar surface area (TPSA) is 105 Å². The fourth-order valence-corrected chi connectivity index (χ4v) is 6.92. The maximum atomic E-state index is 13.2. The number of sulfonamides is 2. The summed E-state index contributed by atoms with van der Waals surface area (Å²) in [5.74, 6) is 0.497. The van der Waals surface area contributed by atoms with Gasteiger partial charge in [-0.2, -0.15) is 4.31 Å².